The van der Waals surface area contributed by atoms with Gasteiger partial charge in [-0.25, -0.2) is 0 Å². The molecular formula is C17H29N3O. The standard InChI is InChI=1S/C17H29N3O/c1-13(14-5-7-15(8-6-14)19(2)3)20-10-9-17(21-4)11-16(20)12-18/h5-8,13,16-17H,9-12,18H2,1-4H3. The molecule has 0 aliphatic carbocycles. The van der Waals surface area contributed by atoms with Crippen LogP contribution in [0.4, 0.5) is 5.69 Å². The lowest BCUT2D eigenvalue weighted by Crippen LogP contribution is -2.49. The van der Waals surface area contributed by atoms with Gasteiger partial charge >= 0.3 is 0 Å². The van der Waals surface area contributed by atoms with Crippen molar-refractivity contribution >= 4 is 5.69 Å². The summed E-state index contributed by atoms with van der Waals surface area (Å²) in [5.74, 6) is 0. The molecule has 4 heteroatoms. The molecule has 1 heterocycles. The SMILES string of the molecule is COC1CCN(C(C)c2ccc(N(C)C)cc2)C(CN)C1. The van der Waals surface area contributed by atoms with Crippen molar-refractivity contribution in [2.24, 2.45) is 5.73 Å². The van der Waals surface area contributed by atoms with Crippen molar-refractivity contribution in [3.8, 4) is 0 Å². The average molecular weight is 291 g/mol. The molecule has 118 valence electrons. The van der Waals surface area contributed by atoms with E-state index < -0.39 is 0 Å². The number of anilines is 1. The molecule has 1 aromatic carbocycles. The molecular weight excluding hydrogens is 262 g/mol. The third-order valence-corrected chi connectivity index (χ3v) is 4.71. The number of piperidine rings is 1. The number of hydrogen-bond donors (Lipinski definition) is 1. The molecule has 1 aliphatic rings. The summed E-state index contributed by atoms with van der Waals surface area (Å²) in [6, 6.07) is 9.64. The maximum atomic E-state index is 5.99. The fourth-order valence-corrected chi connectivity index (χ4v) is 3.23. The zero-order valence-corrected chi connectivity index (χ0v) is 13.7. The number of hydrogen-bond acceptors (Lipinski definition) is 4. The topological polar surface area (TPSA) is 41.7 Å². The van der Waals surface area contributed by atoms with E-state index in [1.165, 1.54) is 11.3 Å². The molecule has 2 rings (SSSR count). The van der Waals surface area contributed by atoms with Crippen molar-refractivity contribution in [3.63, 3.8) is 0 Å². The van der Waals surface area contributed by atoms with E-state index >= 15 is 0 Å². The number of likely N-dealkylation sites (tertiary alicyclic amines) is 1. The molecule has 0 radical (unpaired) electrons. The van der Waals surface area contributed by atoms with Gasteiger partial charge in [-0.15, -0.1) is 0 Å². The van der Waals surface area contributed by atoms with Crippen molar-refractivity contribution in [1.82, 2.24) is 4.90 Å². The van der Waals surface area contributed by atoms with Gasteiger partial charge in [0.05, 0.1) is 6.10 Å². The Balaban J connectivity index is 2.09. The minimum atomic E-state index is 0.359. The van der Waals surface area contributed by atoms with Gasteiger partial charge in [0.15, 0.2) is 0 Å². The lowest BCUT2D eigenvalue weighted by molar-refractivity contribution is -0.00163. The lowest BCUT2D eigenvalue weighted by Gasteiger charge is -2.42. The minimum Gasteiger partial charge on any atom is -0.381 e. The van der Waals surface area contributed by atoms with E-state index in [9.17, 15) is 0 Å². The maximum Gasteiger partial charge on any atom is 0.0599 e. The first kappa shape index (κ1) is 16.3. The fraction of sp³-hybridized carbons (Fsp3) is 0.647. The Bertz CT molecular complexity index is 432. The Labute approximate surface area is 128 Å². The van der Waals surface area contributed by atoms with Gasteiger partial charge in [0.25, 0.3) is 0 Å². The Morgan fingerprint density at radius 3 is 2.52 bits per heavy atom. The van der Waals surface area contributed by atoms with Gasteiger partial charge < -0.3 is 15.4 Å². The van der Waals surface area contributed by atoms with E-state index in [4.69, 9.17) is 10.5 Å². The van der Waals surface area contributed by atoms with Gasteiger partial charge in [0, 0.05) is 52.1 Å². The van der Waals surface area contributed by atoms with Crippen molar-refractivity contribution in [2.45, 2.75) is 38.0 Å². The van der Waals surface area contributed by atoms with Gasteiger partial charge in [-0.05, 0) is 37.5 Å². The van der Waals surface area contributed by atoms with Crippen LogP contribution in [0.15, 0.2) is 24.3 Å². The van der Waals surface area contributed by atoms with Crippen molar-refractivity contribution in [1.29, 1.82) is 0 Å². The molecule has 1 aromatic rings. The van der Waals surface area contributed by atoms with Crippen LogP contribution in [0, 0.1) is 0 Å². The molecule has 1 aliphatic heterocycles. The second-order valence-corrected chi connectivity index (χ2v) is 6.17. The minimum absolute atomic E-state index is 0.359. The van der Waals surface area contributed by atoms with Crippen LogP contribution in [0.25, 0.3) is 0 Å². The largest absolute Gasteiger partial charge is 0.381 e. The number of rotatable bonds is 5. The van der Waals surface area contributed by atoms with E-state index in [1.54, 1.807) is 7.11 Å². The van der Waals surface area contributed by atoms with Gasteiger partial charge in [0.2, 0.25) is 0 Å². The number of benzene rings is 1. The highest BCUT2D eigenvalue weighted by Gasteiger charge is 2.30. The van der Waals surface area contributed by atoms with Crippen LogP contribution in [0.2, 0.25) is 0 Å². The van der Waals surface area contributed by atoms with Crippen molar-refractivity contribution in [2.75, 3.05) is 39.2 Å². The molecule has 2 N–H and O–H groups in total. The van der Waals surface area contributed by atoms with E-state index in [0.29, 0.717) is 24.7 Å². The van der Waals surface area contributed by atoms with Crippen LogP contribution in [0.1, 0.15) is 31.4 Å². The predicted octanol–water partition coefficient (Wildman–Crippen LogP) is 2.25. The molecule has 4 nitrogen and oxygen atoms in total. The third-order valence-electron chi connectivity index (χ3n) is 4.71. The van der Waals surface area contributed by atoms with Crippen molar-refractivity contribution in [3.05, 3.63) is 29.8 Å². The van der Waals surface area contributed by atoms with Gasteiger partial charge in [-0.2, -0.15) is 0 Å². The zero-order chi connectivity index (χ0) is 15.4. The first-order chi connectivity index (χ1) is 10.1. The first-order valence-electron chi connectivity index (χ1n) is 7.82. The highest BCUT2D eigenvalue weighted by atomic mass is 16.5. The number of methoxy groups -OCH3 is 1. The number of nitrogens with two attached hydrogens (primary N) is 1. The molecule has 0 aromatic heterocycles. The zero-order valence-electron chi connectivity index (χ0n) is 13.7. The van der Waals surface area contributed by atoms with Crippen LogP contribution < -0.4 is 10.6 Å². The van der Waals surface area contributed by atoms with Gasteiger partial charge in [-0.3, -0.25) is 4.90 Å². The summed E-state index contributed by atoms with van der Waals surface area (Å²) in [7, 11) is 5.94. The van der Waals surface area contributed by atoms with Crippen LogP contribution in [-0.4, -0.2) is 51.3 Å². The highest BCUT2D eigenvalue weighted by molar-refractivity contribution is 5.46. The van der Waals surface area contributed by atoms with Crippen LogP contribution in [-0.2, 0) is 4.74 Å². The molecule has 1 saturated heterocycles. The lowest BCUT2D eigenvalue weighted by atomic mass is 9.95. The monoisotopic (exact) mass is 291 g/mol. The molecule has 0 amide bonds. The van der Waals surface area contributed by atoms with E-state index in [1.807, 2.05) is 0 Å². The molecule has 21 heavy (non-hydrogen) atoms. The average Bonchev–Trinajstić information content (AvgIpc) is 2.53. The summed E-state index contributed by atoms with van der Waals surface area (Å²) in [5.41, 5.74) is 8.58. The van der Waals surface area contributed by atoms with E-state index in [0.717, 1.165) is 19.4 Å². The Morgan fingerprint density at radius 2 is 2.00 bits per heavy atom. The number of ether oxygens (including phenoxy) is 1. The maximum absolute atomic E-state index is 5.99. The van der Waals surface area contributed by atoms with Gasteiger partial charge in [-0.1, -0.05) is 12.1 Å². The molecule has 0 saturated carbocycles. The smallest absolute Gasteiger partial charge is 0.0599 e. The van der Waals surface area contributed by atoms with E-state index in [2.05, 4.69) is 55.1 Å². The van der Waals surface area contributed by atoms with E-state index in [-0.39, 0.29) is 0 Å². The number of nitrogens with zero attached hydrogens (tertiary/aromatic N) is 2. The molecule has 1 fully saturated rings. The molecule has 3 unspecified atom stereocenters. The fourth-order valence-electron chi connectivity index (χ4n) is 3.23. The molecule has 0 spiro atoms. The summed E-state index contributed by atoms with van der Waals surface area (Å²) in [4.78, 5) is 4.65. The quantitative estimate of drug-likeness (QED) is 0.903. The summed E-state index contributed by atoms with van der Waals surface area (Å²) in [5, 5.41) is 0. The Morgan fingerprint density at radius 1 is 1.33 bits per heavy atom. The predicted molar refractivity (Wildman–Crippen MR) is 88.8 cm³/mol. The Hall–Kier alpha value is -1.10. The van der Waals surface area contributed by atoms with Gasteiger partial charge in [0.1, 0.15) is 0 Å². The van der Waals surface area contributed by atoms with Crippen LogP contribution in [0.5, 0.6) is 0 Å². The second kappa shape index (κ2) is 7.25. The van der Waals surface area contributed by atoms with Crippen LogP contribution >= 0.6 is 0 Å². The third kappa shape index (κ3) is 3.76. The van der Waals surface area contributed by atoms with Crippen LogP contribution in [0.3, 0.4) is 0 Å². The summed E-state index contributed by atoms with van der Waals surface area (Å²) < 4.78 is 5.51. The summed E-state index contributed by atoms with van der Waals surface area (Å²) >= 11 is 0. The highest BCUT2D eigenvalue weighted by Crippen LogP contribution is 2.29. The summed E-state index contributed by atoms with van der Waals surface area (Å²) in [6.45, 7) is 4.03. The molecule has 0 bridgehead atoms. The molecule has 3 atom stereocenters. The normalized spacial score (nSPS) is 24.8. The first-order valence-corrected chi connectivity index (χ1v) is 7.82. The van der Waals surface area contributed by atoms with Crippen molar-refractivity contribution < 1.29 is 4.74 Å². The summed E-state index contributed by atoms with van der Waals surface area (Å²) in [6.07, 6.45) is 2.48. The Kier molecular flexibility index (Phi) is 5.62. The second-order valence-electron chi connectivity index (χ2n) is 6.17.